The van der Waals surface area contributed by atoms with Crippen molar-refractivity contribution in [1.29, 1.82) is 0 Å². The highest BCUT2D eigenvalue weighted by Gasteiger charge is 2.37. The van der Waals surface area contributed by atoms with Gasteiger partial charge in [0.1, 0.15) is 0 Å². The van der Waals surface area contributed by atoms with Crippen LogP contribution in [0, 0.1) is 0 Å². The number of nitrogens with one attached hydrogen (secondary N) is 1. The molecule has 1 aliphatic rings. The van der Waals surface area contributed by atoms with E-state index in [1.165, 1.54) is 10.4 Å². The van der Waals surface area contributed by atoms with Crippen molar-refractivity contribution in [2.24, 2.45) is 0 Å². The fraction of sp³-hybridized carbons (Fsp3) is 0.111. The summed E-state index contributed by atoms with van der Waals surface area (Å²) >= 11 is 1.71. The highest BCUT2D eigenvalue weighted by Crippen LogP contribution is 2.43. The van der Waals surface area contributed by atoms with Crippen LogP contribution in [-0.2, 0) is 11.8 Å². The minimum absolute atomic E-state index is 0.0871. The van der Waals surface area contributed by atoms with E-state index in [1.807, 2.05) is 30.3 Å². The first-order chi connectivity index (χ1) is 11.2. The van der Waals surface area contributed by atoms with E-state index in [0.29, 0.717) is 12.0 Å². The third-order valence-corrected chi connectivity index (χ3v) is 5.37. The van der Waals surface area contributed by atoms with Crippen molar-refractivity contribution in [1.82, 2.24) is 10.2 Å². The van der Waals surface area contributed by atoms with E-state index in [1.54, 1.807) is 11.3 Å². The molecule has 3 aromatic rings. The molecule has 0 bridgehead atoms. The van der Waals surface area contributed by atoms with Gasteiger partial charge in [-0.25, -0.2) is 4.79 Å². The Morgan fingerprint density at radius 1 is 1.22 bits per heavy atom. The zero-order valence-electron chi connectivity index (χ0n) is 12.2. The molecule has 1 unspecified atom stereocenters. The van der Waals surface area contributed by atoms with Gasteiger partial charge in [-0.3, -0.25) is 5.10 Å². The number of H-pyrrole nitrogens is 1. The van der Waals surface area contributed by atoms with E-state index in [4.69, 9.17) is 0 Å². The van der Waals surface area contributed by atoms with Crippen molar-refractivity contribution in [2.75, 3.05) is 0 Å². The van der Waals surface area contributed by atoms with Gasteiger partial charge >= 0.3 is 5.97 Å². The first-order valence-corrected chi connectivity index (χ1v) is 8.18. The average molecular weight is 322 g/mol. The molecule has 0 aliphatic heterocycles. The Bertz CT molecular complexity index is 881. The van der Waals surface area contributed by atoms with Crippen LogP contribution in [0.5, 0.6) is 0 Å². The molecule has 0 saturated heterocycles. The van der Waals surface area contributed by atoms with Gasteiger partial charge in [-0.1, -0.05) is 48.6 Å². The molecule has 4 nitrogen and oxygen atoms in total. The number of aromatic amines is 1. The summed E-state index contributed by atoms with van der Waals surface area (Å²) in [6.07, 6.45) is 4.67. The Kier molecular flexibility index (Phi) is 3.16. The van der Waals surface area contributed by atoms with Crippen LogP contribution in [0.25, 0.3) is 6.08 Å². The summed E-state index contributed by atoms with van der Waals surface area (Å²) < 4.78 is 0. The number of benzene rings is 1. The topological polar surface area (TPSA) is 66.0 Å². The van der Waals surface area contributed by atoms with E-state index < -0.39 is 5.97 Å². The molecule has 114 valence electrons. The number of aromatic nitrogens is 2. The van der Waals surface area contributed by atoms with Gasteiger partial charge in [-0.2, -0.15) is 5.10 Å². The molecule has 1 aliphatic carbocycles. The Morgan fingerprint density at radius 2 is 2.04 bits per heavy atom. The predicted octanol–water partition coefficient (Wildman–Crippen LogP) is 3.73. The highest BCUT2D eigenvalue weighted by atomic mass is 32.1. The first-order valence-electron chi connectivity index (χ1n) is 7.30. The molecular formula is C18H14N2O2S. The quantitative estimate of drug-likeness (QED) is 0.772. The molecule has 0 spiro atoms. The lowest BCUT2D eigenvalue weighted by molar-refractivity contribution is 0.0690. The molecule has 1 atom stereocenters. The van der Waals surface area contributed by atoms with Crippen LogP contribution in [0.2, 0.25) is 0 Å². The lowest BCUT2D eigenvalue weighted by atomic mass is 9.72. The zero-order valence-corrected chi connectivity index (χ0v) is 13.0. The Morgan fingerprint density at radius 3 is 2.74 bits per heavy atom. The summed E-state index contributed by atoms with van der Waals surface area (Å²) in [4.78, 5) is 12.5. The average Bonchev–Trinajstić information content (AvgIpc) is 3.24. The van der Waals surface area contributed by atoms with Gasteiger partial charge in [0.25, 0.3) is 0 Å². The number of hydrogen-bond acceptors (Lipinski definition) is 3. The minimum atomic E-state index is -1.00. The Hall–Kier alpha value is -2.66. The summed E-state index contributed by atoms with van der Waals surface area (Å²) in [6.45, 7) is 0. The second-order valence-corrected chi connectivity index (χ2v) is 6.54. The van der Waals surface area contributed by atoms with Gasteiger partial charge < -0.3 is 5.11 Å². The lowest BCUT2D eigenvalue weighted by Crippen LogP contribution is -2.29. The number of hydrogen-bond donors (Lipinski definition) is 2. The number of rotatable bonds is 3. The van der Waals surface area contributed by atoms with Gasteiger partial charge in [0.05, 0.1) is 5.41 Å². The Balaban J connectivity index is 1.89. The lowest BCUT2D eigenvalue weighted by Gasteiger charge is -2.33. The monoisotopic (exact) mass is 322 g/mol. The van der Waals surface area contributed by atoms with Crippen molar-refractivity contribution in [2.45, 2.75) is 11.8 Å². The first kappa shape index (κ1) is 14.0. The van der Waals surface area contributed by atoms with Gasteiger partial charge in [-0.15, -0.1) is 11.3 Å². The van der Waals surface area contributed by atoms with E-state index in [-0.39, 0.29) is 11.1 Å². The smallest absolute Gasteiger partial charge is 0.357 e. The van der Waals surface area contributed by atoms with E-state index in [2.05, 4.69) is 39.9 Å². The molecule has 0 amide bonds. The van der Waals surface area contributed by atoms with Gasteiger partial charge in [0, 0.05) is 22.6 Å². The summed E-state index contributed by atoms with van der Waals surface area (Å²) in [5.41, 5.74) is 2.53. The predicted molar refractivity (Wildman–Crippen MR) is 89.8 cm³/mol. The third kappa shape index (κ3) is 2.12. The maximum absolute atomic E-state index is 11.3. The normalized spacial score (nSPS) is 19.5. The summed E-state index contributed by atoms with van der Waals surface area (Å²) in [6, 6.07) is 14.5. The van der Waals surface area contributed by atoms with Crippen molar-refractivity contribution < 1.29 is 9.90 Å². The number of carboxylic acid groups (broad SMARTS) is 1. The second-order valence-electron chi connectivity index (χ2n) is 5.59. The molecule has 2 heterocycles. The third-order valence-electron chi connectivity index (χ3n) is 4.33. The summed E-state index contributed by atoms with van der Waals surface area (Å²) in [5, 5.41) is 18.2. The van der Waals surface area contributed by atoms with Crippen LogP contribution in [0.15, 0.2) is 53.9 Å². The zero-order chi connectivity index (χ0) is 15.9. The Labute approximate surface area is 137 Å². The van der Waals surface area contributed by atoms with E-state index in [9.17, 15) is 9.90 Å². The molecule has 2 aromatic heterocycles. The number of carboxylic acids is 1. The standard InChI is InChI=1S/C18H14N2O2S/c21-17(22)16-13-8-9-18(11-14(13)19-20-16,15-7-4-10-23-15)12-5-2-1-3-6-12/h1-10H,11H2,(H,19,20)(H,21,22). The number of nitrogens with zero attached hydrogens (tertiary/aromatic N) is 1. The van der Waals surface area contributed by atoms with Gasteiger partial charge in [0.2, 0.25) is 0 Å². The van der Waals surface area contributed by atoms with E-state index >= 15 is 0 Å². The van der Waals surface area contributed by atoms with E-state index in [0.717, 1.165) is 5.69 Å². The van der Waals surface area contributed by atoms with Gasteiger partial charge in [-0.05, 0) is 17.0 Å². The SMILES string of the molecule is O=C(O)c1n[nH]c2c1C=CC(c1ccccc1)(c1cccs1)C2. The largest absolute Gasteiger partial charge is 0.476 e. The maximum atomic E-state index is 11.3. The molecule has 4 rings (SSSR count). The van der Waals surface area contributed by atoms with Crippen LogP contribution in [0.4, 0.5) is 0 Å². The fourth-order valence-electron chi connectivity index (χ4n) is 3.21. The molecular weight excluding hydrogens is 308 g/mol. The van der Waals surface area contributed by atoms with Crippen LogP contribution in [0.1, 0.15) is 32.2 Å². The molecule has 0 saturated carbocycles. The van der Waals surface area contributed by atoms with Crippen LogP contribution >= 0.6 is 11.3 Å². The molecule has 5 heteroatoms. The molecule has 1 aromatic carbocycles. The van der Waals surface area contributed by atoms with Crippen molar-refractivity contribution in [3.8, 4) is 0 Å². The summed E-state index contributed by atoms with van der Waals surface area (Å²) in [5.74, 6) is -1.00. The van der Waals surface area contributed by atoms with Crippen molar-refractivity contribution in [3.05, 3.63) is 81.3 Å². The second kappa shape index (κ2) is 5.21. The highest BCUT2D eigenvalue weighted by molar-refractivity contribution is 7.10. The number of carbonyl (C=O) groups is 1. The molecule has 2 N–H and O–H groups in total. The number of aromatic carboxylic acids is 1. The molecule has 0 fully saturated rings. The van der Waals surface area contributed by atoms with Crippen LogP contribution in [0.3, 0.4) is 0 Å². The maximum Gasteiger partial charge on any atom is 0.357 e. The molecule has 23 heavy (non-hydrogen) atoms. The minimum Gasteiger partial charge on any atom is -0.476 e. The fourth-order valence-corrected chi connectivity index (χ4v) is 4.13. The number of thiophene rings is 1. The number of allylic oxidation sites excluding steroid dienone is 1. The van der Waals surface area contributed by atoms with Crippen molar-refractivity contribution >= 4 is 23.4 Å². The number of fused-ring (bicyclic) bond motifs is 1. The summed E-state index contributed by atoms with van der Waals surface area (Å²) in [7, 11) is 0. The van der Waals surface area contributed by atoms with Crippen molar-refractivity contribution in [3.63, 3.8) is 0 Å². The van der Waals surface area contributed by atoms with Crippen LogP contribution in [-0.4, -0.2) is 21.3 Å². The van der Waals surface area contributed by atoms with Crippen LogP contribution < -0.4 is 0 Å². The van der Waals surface area contributed by atoms with Gasteiger partial charge in [0.15, 0.2) is 5.69 Å². The molecule has 0 radical (unpaired) electrons.